The number of aromatic nitrogens is 4. The second kappa shape index (κ2) is 4.72. The maximum atomic E-state index is 5.74. The van der Waals surface area contributed by atoms with Gasteiger partial charge in [0.1, 0.15) is 0 Å². The molecule has 2 rings (SSSR count). The summed E-state index contributed by atoms with van der Waals surface area (Å²) in [6.45, 7) is 2.09. The van der Waals surface area contributed by atoms with E-state index in [1.807, 2.05) is 0 Å². The van der Waals surface area contributed by atoms with Gasteiger partial charge in [0.25, 0.3) is 0 Å². The van der Waals surface area contributed by atoms with E-state index in [4.69, 9.17) is 11.6 Å². The summed E-state index contributed by atoms with van der Waals surface area (Å²) in [5.41, 5.74) is 1.31. The second-order valence-electron chi connectivity index (χ2n) is 3.36. The van der Waals surface area contributed by atoms with Crippen LogP contribution in [-0.4, -0.2) is 20.2 Å². The zero-order valence-electron chi connectivity index (χ0n) is 8.30. The molecule has 2 aromatic rings. The summed E-state index contributed by atoms with van der Waals surface area (Å²) in [5.74, 6) is 1.07. The molecule has 2 aromatic heterocycles. The van der Waals surface area contributed by atoms with Gasteiger partial charge in [0.15, 0.2) is 5.82 Å². The summed E-state index contributed by atoms with van der Waals surface area (Å²) in [6, 6.07) is 2.36. The summed E-state index contributed by atoms with van der Waals surface area (Å²) in [7, 11) is 0. The summed E-state index contributed by atoms with van der Waals surface area (Å²) in [6.07, 6.45) is 0.929. The number of tetrazole rings is 1. The first-order chi connectivity index (χ1) is 7.31. The summed E-state index contributed by atoms with van der Waals surface area (Å²) >= 11 is 7.44. The van der Waals surface area contributed by atoms with Crippen LogP contribution >= 0.6 is 22.9 Å². The molecule has 80 valence electrons. The minimum Gasteiger partial charge on any atom is -0.225 e. The van der Waals surface area contributed by atoms with Crippen LogP contribution < -0.4 is 0 Å². The molecule has 0 spiro atoms. The fourth-order valence-electron chi connectivity index (χ4n) is 1.48. The van der Waals surface area contributed by atoms with Gasteiger partial charge in [0, 0.05) is 0 Å². The standard InChI is InChI=1S/C9H11ClN4S/c1-7(4-8-2-3-15-6-8)14-9(5-10)11-12-13-14/h2-3,6-7H,4-5H2,1H3. The van der Waals surface area contributed by atoms with Crippen LogP contribution in [0, 0.1) is 0 Å². The van der Waals surface area contributed by atoms with Gasteiger partial charge >= 0.3 is 0 Å². The zero-order chi connectivity index (χ0) is 10.7. The van der Waals surface area contributed by atoms with E-state index in [9.17, 15) is 0 Å². The van der Waals surface area contributed by atoms with Crippen molar-refractivity contribution < 1.29 is 0 Å². The number of nitrogens with zero attached hydrogens (tertiary/aromatic N) is 4. The third kappa shape index (κ3) is 2.35. The quantitative estimate of drug-likeness (QED) is 0.773. The van der Waals surface area contributed by atoms with E-state index in [0.29, 0.717) is 5.88 Å². The highest BCUT2D eigenvalue weighted by molar-refractivity contribution is 7.07. The van der Waals surface area contributed by atoms with E-state index in [1.165, 1.54) is 5.56 Å². The van der Waals surface area contributed by atoms with Gasteiger partial charge in [-0.25, -0.2) is 4.68 Å². The lowest BCUT2D eigenvalue weighted by Crippen LogP contribution is -2.12. The molecule has 0 fully saturated rings. The second-order valence-corrected chi connectivity index (χ2v) is 4.41. The lowest BCUT2D eigenvalue weighted by Gasteiger charge is -2.11. The number of thiophene rings is 1. The largest absolute Gasteiger partial charge is 0.225 e. The maximum Gasteiger partial charge on any atom is 0.166 e. The van der Waals surface area contributed by atoms with Crippen molar-refractivity contribution in [3.8, 4) is 0 Å². The molecule has 0 N–H and O–H groups in total. The molecule has 1 unspecified atom stereocenters. The monoisotopic (exact) mass is 242 g/mol. The number of alkyl halides is 1. The van der Waals surface area contributed by atoms with Crippen LogP contribution in [0.25, 0.3) is 0 Å². The number of hydrogen-bond acceptors (Lipinski definition) is 4. The molecule has 0 saturated heterocycles. The van der Waals surface area contributed by atoms with E-state index in [-0.39, 0.29) is 6.04 Å². The van der Waals surface area contributed by atoms with Crippen molar-refractivity contribution in [3.63, 3.8) is 0 Å². The predicted octanol–water partition coefficient (Wildman–Crippen LogP) is 2.28. The van der Waals surface area contributed by atoms with Crippen molar-refractivity contribution in [3.05, 3.63) is 28.2 Å². The third-order valence-corrected chi connectivity index (χ3v) is 3.18. The molecule has 6 heteroatoms. The Morgan fingerprint density at radius 2 is 2.47 bits per heavy atom. The van der Waals surface area contributed by atoms with E-state index in [0.717, 1.165) is 12.2 Å². The van der Waals surface area contributed by atoms with Gasteiger partial charge in [0.2, 0.25) is 0 Å². The van der Waals surface area contributed by atoms with Crippen LogP contribution in [0.3, 0.4) is 0 Å². The van der Waals surface area contributed by atoms with Gasteiger partial charge in [-0.15, -0.1) is 16.7 Å². The van der Waals surface area contributed by atoms with Crippen molar-refractivity contribution in [1.29, 1.82) is 0 Å². The average Bonchev–Trinajstić information content (AvgIpc) is 2.86. The van der Waals surface area contributed by atoms with Crippen LogP contribution in [0.5, 0.6) is 0 Å². The van der Waals surface area contributed by atoms with Crippen LogP contribution in [0.2, 0.25) is 0 Å². The molecule has 0 aromatic carbocycles. The van der Waals surface area contributed by atoms with Crippen molar-refractivity contribution in [1.82, 2.24) is 20.2 Å². The van der Waals surface area contributed by atoms with Crippen LogP contribution in [0.15, 0.2) is 16.8 Å². The molecule has 0 aliphatic heterocycles. The van der Waals surface area contributed by atoms with E-state index < -0.39 is 0 Å². The first-order valence-corrected chi connectivity index (χ1v) is 6.12. The van der Waals surface area contributed by atoms with Gasteiger partial charge in [0.05, 0.1) is 11.9 Å². The molecular weight excluding hydrogens is 232 g/mol. The van der Waals surface area contributed by atoms with Crippen LogP contribution in [0.4, 0.5) is 0 Å². The van der Waals surface area contributed by atoms with Gasteiger partial charge in [-0.05, 0) is 46.2 Å². The van der Waals surface area contributed by atoms with E-state index >= 15 is 0 Å². The highest BCUT2D eigenvalue weighted by Gasteiger charge is 2.12. The highest BCUT2D eigenvalue weighted by atomic mass is 35.5. The van der Waals surface area contributed by atoms with Crippen molar-refractivity contribution in [2.24, 2.45) is 0 Å². The minimum absolute atomic E-state index is 0.239. The van der Waals surface area contributed by atoms with E-state index in [1.54, 1.807) is 16.0 Å². The summed E-state index contributed by atoms with van der Waals surface area (Å²) in [4.78, 5) is 0. The Morgan fingerprint density at radius 1 is 1.60 bits per heavy atom. The fourth-order valence-corrected chi connectivity index (χ4v) is 2.34. The molecule has 0 aliphatic rings. The van der Waals surface area contributed by atoms with Gasteiger partial charge in [-0.3, -0.25) is 0 Å². The molecule has 0 bridgehead atoms. The fraction of sp³-hybridized carbons (Fsp3) is 0.444. The molecule has 0 amide bonds. The number of rotatable bonds is 4. The number of hydrogen-bond donors (Lipinski definition) is 0. The molecule has 0 aliphatic carbocycles. The predicted molar refractivity (Wildman–Crippen MR) is 60.1 cm³/mol. The summed E-state index contributed by atoms with van der Waals surface area (Å²) < 4.78 is 1.78. The van der Waals surface area contributed by atoms with Crippen molar-refractivity contribution >= 4 is 22.9 Å². The molecule has 0 radical (unpaired) electrons. The molecule has 2 heterocycles. The highest BCUT2D eigenvalue weighted by Crippen LogP contribution is 2.16. The average molecular weight is 243 g/mol. The molecule has 4 nitrogen and oxygen atoms in total. The lowest BCUT2D eigenvalue weighted by molar-refractivity contribution is 0.463. The molecule has 0 saturated carbocycles. The Kier molecular flexibility index (Phi) is 3.33. The third-order valence-electron chi connectivity index (χ3n) is 2.21. The molecular formula is C9H11ClN4S. The molecule has 15 heavy (non-hydrogen) atoms. The Balaban J connectivity index is 2.11. The first kappa shape index (κ1) is 10.6. The minimum atomic E-state index is 0.239. The number of halogens is 1. The smallest absolute Gasteiger partial charge is 0.166 e. The van der Waals surface area contributed by atoms with Crippen molar-refractivity contribution in [2.75, 3.05) is 0 Å². The van der Waals surface area contributed by atoms with E-state index in [2.05, 4.69) is 39.3 Å². The summed E-state index contributed by atoms with van der Waals surface area (Å²) in [5, 5.41) is 15.6. The Bertz CT molecular complexity index is 411. The van der Waals surface area contributed by atoms with Gasteiger partial charge in [-0.2, -0.15) is 11.3 Å². The Labute approximate surface area is 96.9 Å². The van der Waals surface area contributed by atoms with Crippen LogP contribution in [0.1, 0.15) is 24.4 Å². The van der Waals surface area contributed by atoms with Gasteiger partial charge in [-0.1, -0.05) is 0 Å². The normalized spacial score (nSPS) is 12.9. The van der Waals surface area contributed by atoms with Gasteiger partial charge < -0.3 is 0 Å². The lowest BCUT2D eigenvalue weighted by atomic mass is 10.1. The van der Waals surface area contributed by atoms with Crippen LogP contribution in [-0.2, 0) is 12.3 Å². The topological polar surface area (TPSA) is 43.6 Å². The Morgan fingerprint density at radius 3 is 3.13 bits per heavy atom. The zero-order valence-corrected chi connectivity index (χ0v) is 9.87. The first-order valence-electron chi connectivity index (χ1n) is 4.65. The molecule has 1 atom stereocenters. The Hall–Kier alpha value is -0.940. The maximum absolute atomic E-state index is 5.74. The SMILES string of the molecule is CC(Cc1ccsc1)n1nnnc1CCl. The van der Waals surface area contributed by atoms with Crippen molar-refractivity contribution in [2.45, 2.75) is 25.3 Å².